The fourth-order valence-corrected chi connectivity index (χ4v) is 3.30. The molecule has 0 aliphatic heterocycles. The van der Waals surface area contributed by atoms with Crippen molar-refractivity contribution in [2.24, 2.45) is 0 Å². The van der Waals surface area contributed by atoms with Crippen LogP contribution in [-0.2, 0) is 16.4 Å². The molecule has 0 aliphatic carbocycles. The monoisotopic (exact) mass is 366 g/mol. The van der Waals surface area contributed by atoms with Crippen LogP contribution in [0.1, 0.15) is 5.56 Å². The first-order chi connectivity index (χ1) is 11.9. The van der Waals surface area contributed by atoms with E-state index in [0.29, 0.717) is 17.9 Å². The highest BCUT2D eigenvalue weighted by molar-refractivity contribution is 7.89. The molecular weight excluding hydrogens is 348 g/mol. The zero-order valence-corrected chi connectivity index (χ0v) is 14.6. The second-order valence-electron chi connectivity index (χ2n) is 5.08. The van der Waals surface area contributed by atoms with E-state index in [1.807, 2.05) is 0 Å². The number of ether oxygens (including phenoxy) is 2. The van der Waals surface area contributed by atoms with Crippen LogP contribution < -0.4 is 14.2 Å². The molecule has 0 saturated carbocycles. The maximum Gasteiger partial charge on any atom is 0.270 e. The molecule has 0 saturated heterocycles. The van der Waals surface area contributed by atoms with Crippen LogP contribution >= 0.6 is 0 Å². The normalized spacial score (nSPS) is 11.1. The Morgan fingerprint density at radius 1 is 1.12 bits per heavy atom. The summed E-state index contributed by atoms with van der Waals surface area (Å²) in [5.74, 6) is 1.23. The van der Waals surface area contributed by atoms with Gasteiger partial charge in [-0.1, -0.05) is 12.1 Å². The molecule has 134 valence electrons. The van der Waals surface area contributed by atoms with Crippen LogP contribution in [0.4, 0.5) is 5.69 Å². The molecule has 0 atom stereocenters. The van der Waals surface area contributed by atoms with Gasteiger partial charge >= 0.3 is 0 Å². The van der Waals surface area contributed by atoms with Gasteiger partial charge in [0.05, 0.1) is 24.0 Å². The molecule has 2 aromatic rings. The van der Waals surface area contributed by atoms with Gasteiger partial charge < -0.3 is 9.47 Å². The number of non-ortho nitro benzene ring substituents is 1. The molecule has 0 heterocycles. The van der Waals surface area contributed by atoms with E-state index in [9.17, 15) is 18.5 Å². The molecule has 0 spiro atoms. The second-order valence-corrected chi connectivity index (χ2v) is 6.85. The molecule has 0 fully saturated rings. The van der Waals surface area contributed by atoms with Crippen molar-refractivity contribution in [3.63, 3.8) is 0 Å². The summed E-state index contributed by atoms with van der Waals surface area (Å²) in [4.78, 5) is 9.98. The van der Waals surface area contributed by atoms with Gasteiger partial charge in [0.2, 0.25) is 10.0 Å². The predicted molar refractivity (Wildman–Crippen MR) is 91.5 cm³/mol. The zero-order chi connectivity index (χ0) is 18.4. The molecule has 8 nitrogen and oxygen atoms in total. The van der Waals surface area contributed by atoms with E-state index in [2.05, 4.69) is 4.72 Å². The Hall–Kier alpha value is -2.65. The Bertz CT molecular complexity index is 867. The van der Waals surface area contributed by atoms with Crippen LogP contribution in [-0.4, -0.2) is 34.1 Å². The van der Waals surface area contributed by atoms with Gasteiger partial charge in [-0.15, -0.1) is 0 Å². The number of nitrogens with zero attached hydrogens (tertiary/aromatic N) is 1. The minimum Gasteiger partial charge on any atom is -0.497 e. The standard InChI is InChI=1S/C16H18N2O6S/c1-23-14-7-6-12(16(11-14)24-2)8-9-17-25(21,22)15-5-3-4-13(10-15)18(19)20/h3-7,10-11,17H,8-9H2,1-2H3. The Kier molecular flexibility index (Phi) is 5.94. The van der Waals surface area contributed by atoms with Crippen LogP contribution in [0.15, 0.2) is 47.4 Å². The van der Waals surface area contributed by atoms with Crippen molar-refractivity contribution in [2.45, 2.75) is 11.3 Å². The smallest absolute Gasteiger partial charge is 0.270 e. The lowest BCUT2D eigenvalue weighted by Crippen LogP contribution is -2.26. The summed E-state index contributed by atoms with van der Waals surface area (Å²) in [6.07, 6.45) is 0.390. The van der Waals surface area contributed by atoms with E-state index in [0.717, 1.165) is 11.6 Å². The average Bonchev–Trinajstić information content (AvgIpc) is 2.61. The van der Waals surface area contributed by atoms with E-state index >= 15 is 0 Å². The van der Waals surface area contributed by atoms with E-state index < -0.39 is 14.9 Å². The number of rotatable bonds is 8. The summed E-state index contributed by atoms with van der Waals surface area (Å²) in [6.45, 7) is 0.119. The Labute approximate surface area is 145 Å². The summed E-state index contributed by atoms with van der Waals surface area (Å²) in [6, 6.07) is 10.2. The summed E-state index contributed by atoms with van der Waals surface area (Å²) < 4.78 is 37.3. The van der Waals surface area contributed by atoms with Crippen molar-refractivity contribution in [2.75, 3.05) is 20.8 Å². The quantitative estimate of drug-likeness (QED) is 0.566. The number of hydrogen-bond acceptors (Lipinski definition) is 6. The fourth-order valence-electron chi connectivity index (χ4n) is 2.23. The van der Waals surface area contributed by atoms with Gasteiger partial charge in [-0.05, 0) is 24.1 Å². The van der Waals surface area contributed by atoms with Crippen molar-refractivity contribution in [1.82, 2.24) is 4.72 Å². The first-order valence-corrected chi connectivity index (χ1v) is 8.80. The topological polar surface area (TPSA) is 108 Å². The minimum absolute atomic E-state index is 0.119. The van der Waals surface area contributed by atoms with Crippen LogP contribution in [0, 0.1) is 10.1 Å². The SMILES string of the molecule is COc1ccc(CCNS(=O)(=O)c2cccc([N+](=O)[O-])c2)c(OC)c1. The molecule has 2 aromatic carbocycles. The molecule has 2 rings (SSSR count). The summed E-state index contributed by atoms with van der Waals surface area (Å²) >= 11 is 0. The number of benzene rings is 2. The molecule has 0 aliphatic rings. The Morgan fingerprint density at radius 3 is 2.52 bits per heavy atom. The molecule has 0 aromatic heterocycles. The van der Waals surface area contributed by atoms with Gasteiger partial charge in [0.25, 0.3) is 5.69 Å². The minimum atomic E-state index is -3.84. The van der Waals surface area contributed by atoms with Gasteiger partial charge in [0.15, 0.2) is 0 Å². The van der Waals surface area contributed by atoms with Crippen molar-refractivity contribution >= 4 is 15.7 Å². The number of nitro benzene ring substituents is 1. The van der Waals surface area contributed by atoms with Gasteiger partial charge in [0.1, 0.15) is 11.5 Å². The summed E-state index contributed by atoms with van der Waals surface area (Å²) in [5.41, 5.74) is 0.532. The maximum absolute atomic E-state index is 12.3. The molecule has 0 radical (unpaired) electrons. The molecular formula is C16H18N2O6S. The summed E-state index contributed by atoms with van der Waals surface area (Å²) in [5, 5.41) is 10.8. The third kappa shape index (κ3) is 4.68. The first-order valence-electron chi connectivity index (χ1n) is 7.32. The van der Waals surface area contributed by atoms with Gasteiger partial charge in [-0.2, -0.15) is 0 Å². The van der Waals surface area contributed by atoms with Crippen molar-refractivity contribution in [3.8, 4) is 11.5 Å². The number of nitro groups is 1. The zero-order valence-electron chi connectivity index (χ0n) is 13.8. The highest BCUT2D eigenvalue weighted by Crippen LogP contribution is 2.25. The van der Waals surface area contributed by atoms with Gasteiger partial charge in [0, 0.05) is 24.7 Å². The number of sulfonamides is 1. The van der Waals surface area contributed by atoms with Crippen molar-refractivity contribution in [1.29, 1.82) is 0 Å². The molecule has 25 heavy (non-hydrogen) atoms. The number of nitrogens with one attached hydrogen (secondary N) is 1. The highest BCUT2D eigenvalue weighted by atomic mass is 32.2. The van der Waals surface area contributed by atoms with Crippen LogP contribution in [0.25, 0.3) is 0 Å². The lowest BCUT2D eigenvalue weighted by molar-refractivity contribution is -0.385. The Morgan fingerprint density at radius 2 is 1.88 bits per heavy atom. The lowest BCUT2D eigenvalue weighted by Gasteiger charge is -2.11. The second kappa shape index (κ2) is 7.95. The van der Waals surface area contributed by atoms with E-state index in [1.165, 1.54) is 25.3 Å². The van der Waals surface area contributed by atoms with Crippen molar-refractivity contribution in [3.05, 3.63) is 58.1 Å². The Balaban J connectivity index is 2.08. The third-order valence-electron chi connectivity index (χ3n) is 3.52. The third-order valence-corrected chi connectivity index (χ3v) is 4.98. The van der Waals surface area contributed by atoms with Crippen LogP contribution in [0.2, 0.25) is 0 Å². The van der Waals surface area contributed by atoms with Crippen LogP contribution in [0.5, 0.6) is 11.5 Å². The van der Waals surface area contributed by atoms with E-state index in [4.69, 9.17) is 9.47 Å². The first kappa shape index (κ1) is 18.7. The van der Waals surface area contributed by atoms with Crippen LogP contribution in [0.3, 0.4) is 0 Å². The van der Waals surface area contributed by atoms with Crippen molar-refractivity contribution < 1.29 is 22.8 Å². The number of methoxy groups -OCH3 is 2. The predicted octanol–water partition coefficient (Wildman–Crippen LogP) is 2.13. The molecule has 0 unspecified atom stereocenters. The molecule has 9 heteroatoms. The fraction of sp³-hybridized carbons (Fsp3) is 0.250. The average molecular weight is 366 g/mol. The maximum atomic E-state index is 12.3. The lowest BCUT2D eigenvalue weighted by atomic mass is 10.1. The molecule has 0 amide bonds. The molecule has 1 N–H and O–H groups in total. The largest absolute Gasteiger partial charge is 0.497 e. The molecule has 0 bridgehead atoms. The van der Waals surface area contributed by atoms with Gasteiger partial charge in [-0.25, -0.2) is 13.1 Å². The van der Waals surface area contributed by atoms with Gasteiger partial charge in [-0.3, -0.25) is 10.1 Å². The van der Waals surface area contributed by atoms with E-state index in [1.54, 1.807) is 25.3 Å². The van der Waals surface area contributed by atoms with E-state index in [-0.39, 0.29) is 17.1 Å². The number of hydrogen-bond donors (Lipinski definition) is 1. The highest BCUT2D eigenvalue weighted by Gasteiger charge is 2.17. The summed E-state index contributed by atoms with van der Waals surface area (Å²) in [7, 11) is -0.776.